The summed E-state index contributed by atoms with van der Waals surface area (Å²) >= 11 is 0. The van der Waals surface area contributed by atoms with Crippen LogP contribution in [0.15, 0.2) is 65.6 Å². The highest BCUT2D eigenvalue weighted by Crippen LogP contribution is 2.25. The fourth-order valence-electron chi connectivity index (χ4n) is 3.96. The van der Waals surface area contributed by atoms with Gasteiger partial charge in [0.1, 0.15) is 30.3 Å². The Balaban J connectivity index is 1.84. The number of unbranched alkanes of at least 4 members (excludes halogenated alkanes) is 1. The van der Waals surface area contributed by atoms with Crippen LogP contribution in [0.3, 0.4) is 0 Å². The zero-order chi connectivity index (χ0) is 30.1. The predicted molar refractivity (Wildman–Crippen MR) is 150 cm³/mol. The van der Waals surface area contributed by atoms with Gasteiger partial charge in [-0.05, 0) is 24.1 Å². The van der Waals surface area contributed by atoms with E-state index in [1.54, 1.807) is 24.3 Å². The Morgan fingerprint density at radius 3 is 2.60 bits per heavy atom. The molecule has 4 N–H and O–H groups in total. The minimum absolute atomic E-state index is 0.00847. The standard InChI is InChI=1S/C30H26F2N4O6/c31-22-11-10-21(24(32)14-22)16-35-29(40)26-27(33-17-25(38)39)23-13-20(9-5-2-6-12-37)15-34-28(23)36(30(26)41)42-18-19-7-3-1-4-8-19/h1,3-4,7-8,10-11,13-15,33,37H,2,6,12,16-18H2,(H,35,40)(H,38,39). The Bertz CT molecular complexity index is 1730. The summed E-state index contributed by atoms with van der Waals surface area (Å²) in [6, 6.07) is 13.3. The van der Waals surface area contributed by atoms with Crippen LogP contribution < -0.4 is 21.0 Å². The van der Waals surface area contributed by atoms with Crippen LogP contribution >= 0.6 is 0 Å². The fraction of sp³-hybridized carbons (Fsp3) is 0.200. The van der Waals surface area contributed by atoms with Crippen LogP contribution in [0.1, 0.15) is 39.9 Å². The third-order valence-corrected chi connectivity index (χ3v) is 5.97. The summed E-state index contributed by atoms with van der Waals surface area (Å²) in [6.07, 6.45) is 2.27. The number of carbonyl (C=O) groups excluding carboxylic acids is 1. The van der Waals surface area contributed by atoms with Gasteiger partial charge in [-0.1, -0.05) is 48.2 Å². The van der Waals surface area contributed by atoms with E-state index in [2.05, 4.69) is 27.5 Å². The number of pyridine rings is 2. The Morgan fingerprint density at radius 2 is 1.88 bits per heavy atom. The molecule has 0 unspecified atom stereocenters. The maximum Gasteiger partial charge on any atom is 0.322 e. The Labute approximate surface area is 238 Å². The number of carboxylic acids is 1. The summed E-state index contributed by atoms with van der Waals surface area (Å²) in [7, 11) is 0. The van der Waals surface area contributed by atoms with Gasteiger partial charge in [-0.25, -0.2) is 13.8 Å². The lowest BCUT2D eigenvalue weighted by molar-refractivity contribution is -0.134. The number of amides is 1. The number of nitrogens with one attached hydrogen (secondary N) is 2. The van der Waals surface area contributed by atoms with Crippen molar-refractivity contribution in [2.45, 2.75) is 26.0 Å². The number of aliphatic hydroxyl groups is 1. The average Bonchev–Trinajstić information content (AvgIpc) is 2.97. The smallest absolute Gasteiger partial charge is 0.322 e. The van der Waals surface area contributed by atoms with Crippen LogP contribution in [-0.2, 0) is 17.9 Å². The maximum absolute atomic E-state index is 14.2. The van der Waals surface area contributed by atoms with Crippen molar-refractivity contribution in [1.29, 1.82) is 0 Å². The van der Waals surface area contributed by atoms with Crippen molar-refractivity contribution in [2.24, 2.45) is 0 Å². The number of rotatable bonds is 11. The van der Waals surface area contributed by atoms with E-state index in [0.717, 1.165) is 22.4 Å². The molecule has 0 fully saturated rings. The lowest BCUT2D eigenvalue weighted by Crippen LogP contribution is -2.37. The van der Waals surface area contributed by atoms with Crippen molar-refractivity contribution >= 4 is 28.6 Å². The number of benzene rings is 2. The van der Waals surface area contributed by atoms with Crippen LogP contribution in [0.25, 0.3) is 11.0 Å². The molecule has 2 heterocycles. The summed E-state index contributed by atoms with van der Waals surface area (Å²) in [4.78, 5) is 48.8. The summed E-state index contributed by atoms with van der Waals surface area (Å²) < 4.78 is 28.4. The molecule has 0 aliphatic rings. The van der Waals surface area contributed by atoms with Crippen LogP contribution in [0.5, 0.6) is 0 Å². The molecule has 2 aromatic heterocycles. The number of aliphatic carboxylic acids is 1. The van der Waals surface area contributed by atoms with Crippen LogP contribution in [-0.4, -0.2) is 45.0 Å². The minimum atomic E-state index is -1.26. The van der Waals surface area contributed by atoms with Gasteiger partial charge in [0.2, 0.25) is 0 Å². The molecular formula is C30H26F2N4O6. The van der Waals surface area contributed by atoms with Gasteiger partial charge in [-0.3, -0.25) is 14.4 Å². The van der Waals surface area contributed by atoms with E-state index in [1.807, 2.05) is 6.07 Å². The van der Waals surface area contributed by atoms with Crippen molar-refractivity contribution in [1.82, 2.24) is 15.0 Å². The summed E-state index contributed by atoms with van der Waals surface area (Å²) in [5, 5.41) is 23.6. The first kappa shape index (κ1) is 29.7. The molecule has 0 radical (unpaired) electrons. The second-order valence-corrected chi connectivity index (χ2v) is 9.00. The van der Waals surface area contributed by atoms with E-state index in [9.17, 15) is 28.3 Å². The van der Waals surface area contributed by atoms with Gasteiger partial charge in [0.05, 0.1) is 5.69 Å². The van der Waals surface area contributed by atoms with Crippen LogP contribution in [0.2, 0.25) is 0 Å². The van der Waals surface area contributed by atoms with Crippen LogP contribution in [0.4, 0.5) is 14.5 Å². The van der Waals surface area contributed by atoms with Gasteiger partial charge in [-0.2, -0.15) is 0 Å². The topological polar surface area (TPSA) is 143 Å². The highest BCUT2D eigenvalue weighted by molar-refractivity contribution is 6.07. The normalized spacial score (nSPS) is 10.5. The molecule has 0 spiro atoms. The molecule has 0 saturated carbocycles. The average molecular weight is 577 g/mol. The summed E-state index contributed by atoms with van der Waals surface area (Å²) in [5.41, 5.74) is -0.523. The SMILES string of the molecule is O=C(O)CNc1c(C(=O)NCc2ccc(F)cc2F)c(=O)n(OCc2ccccc2)c2ncc(C#CCCCO)cc12. The first-order valence-corrected chi connectivity index (χ1v) is 12.8. The molecule has 10 nitrogen and oxygen atoms in total. The monoisotopic (exact) mass is 576 g/mol. The summed E-state index contributed by atoms with van der Waals surface area (Å²) in [5.74, 6) is 1.87. The van der Waals surface area contributed by atoms with Crippen LogP contribution in [0, 0.1) is 23.5 Å². The number of fused-ring (bicyclic) bond motifs is 1. The molecule has 4 aromatic rings. The number of anilines is 1. The summed E-state index contributed by atoms with van der Waals surface area (Å²) in [6.45, 7) is -1.13. The van der Waals surface area contributed by atoms with Crippen molar-refractivity contribution in [3.05, 3.63) is 105 Å². The lowest BCUT2D eigenvalue weighted by Gasteiger charge is -2.18. The molecular weight excluding hydrogens is 550 g/mol. The molecule has 2 aromatic carbocycles. The Hall–Kier alpha value is -5.28. The van der Waals surface area contributed by atoms with E-state index in [4.69, 9.17) is 9.94 Å². The van der Waals surface area contributed by atoms with Crippen molar-refractivity contribution in [3.63, 3.8) is 0 Å². The number of carbonyl (C=O) groups is 2. The maximum atomic E-state index is 14.2. The molecule has 0 bridgehead atoms. The number of nitrogens with zero attached hydrogens (tertiary/aromatic N) is 2. The number of carboxylic acid groups (broad SMARTS) is 1. The number of aromatic nitrogens is 2. The third kappa shape index (κ3) is 7.26. The first-order valence-electron chi connectivity index (χ1n) is 12.8. The molecule has 0 aliphatic heterocycles. The minimum Gasteiger partial charge on any atom is -0.480 e. The fourth-order valence-corrected chi connectivity index (χ4v) is 3.96. The molecule has 4 rings (SSSR count). The molecule has 42 heavy (non-hydrogen) atoms. The molecule has 0 saturated heterocycles. The van der Waals surface area contributed by atoms with E-state index < -0.39 is 41.2 Å². The zero-order valence-corrected chi connectivity index (χ0v) is 22.2. The highest BCUT2D eigenvalue weighted by Gasteiger charge is 2.25. The quantitative estimate of drug-likeness (QED) is 0.158. The number of halogens is 2. The zero-order valence-electron chi connectivity index (χ0n) is 22.2. The third-order valence-electron chi connectivity index (χ3n) is 5.97. The van der Waals surface area contributed by atoms with Gasteiger partial charge >= 0.3 is 5.97 Å². The second kappa shape index (κ2) is 13.9. The van der Waals surface area contributed by atoms with Gasteiger partial charge in [-0.15, -0.1) is 4.73 Å². The van der Waals surface area contributed by atoms with Gasteiger partial charge in [0.15, 0.2) is 5.65 Å². The Morgan fingerprint density at radius 1 is 1.10 bits per heavy atom. The highest BCUT2D eigenvalue weighted by atomic mass is 19.1. The van der Waals surface area contributed by atoms with Gasteiger partial charge in [0, 0.05) is 48.3 Å². The number of hydrogen-bond acceptors (Lipinski definition) is 7. The van der Waals surface area contributed by atoms with Crippen molar-refractivity contribution in [2.75, 3.05) is 18.5 Å². The van der Waals surface area contributed by atoms with E-state index >= 15 is 0 Å². The second-order valence-electron chi connectivity index (χ2n) is 9.00. The van der Waals surface area contributed by atoms with E-state index in [0.29, 0.717) is 24.5 Å². The lowest BCUT2D eigenvalue weighted by atomic mass is 10.1. The number of hydrogen-bond donors (Lipinski definition) is 4. The number of aliphatic hydroxyl groups excluding tert-OH is 1. The molecule has 0 aliphatic carbocycles. The molecule has 0 atom stereocenters. The largest absolute Gasteiger partial charge is 0.480 e. The predicted octanol–water partition coefficient (Wildman–Crippen LogP) is 2.85. The Kier molecular flexibility index (Phi) is 9.81. The molecule has 1 amide bonds. The van der Waals surface area contributed by atoms with Crippen molar-refractivity contribution < 1.29 is 33.4 Å². The molecule has 216 valence electrons. The van der Waals surface area contributed by atoms with Gasteiger partial charge in [0.25, 0.3) is 11.5 Å². The van der Waals surface area contributed by atoms with Gasteiger partial charge < -0.3 is 25.7 Å². The first-order chi connectivity index (χ1) is 20.3. The van der Waals surface area contributed by atoms with E-state index in [1.165, 1.54) is 12.3 Å². The van der Waals surface area contributed by atoms with Crippen molar-refractivity contribution in [3.8, 4) is 11.8 Å². The molecule has 12 heteroatoms. The van der Waals surface area contributed by atoms with E-state index in [-0.39, 0.29) is 42.0 Å².